The van der Waals surface area contributed by atoms with Crippen molar-refractivity contribution in [3.8, 4) is 0 Å². The van der Waals surface area contributed by atoms with Crippen LogP contribution in [0.15, 0.2) is 24.5 Å². The molecule has 0 spiro atoms. The summed E-state index contributed by atoms with van der Waals surface area (Å²) >= 11 is 0. The van der Waals surface area contributed by atoms with Crippen LogP contribution in [-0.4, -0.2) is 53.5 Å². The predicted molar refractivity (Wildman–Crippen MR) is 112 cm³/mol. The molecule has 2 aliphatic carbocycles. The Bertz CT molecular complexity index is 1050. The van der Waals surface area contributed by atoms with Crippen molar-refractivity contribution in [3.63, 3.8) is 0 Å². The first-order chi connectivity index (χ1) is 14.8. The summed E-state index contributed by atoms with van der Waals surface area (Å²) < 4.78 is 37.3. The molecule has 1 aromatic rings. The molecule has 2 heterocycles. The van der Waals surface area contributed by atoms with E-state index in [1.807, 2.05) is 13.8 Å². The first kappa shape index (κ1) is 24.1. The van der Waals surface area contributed by atoms with Crippen LogP contribution in [0.3, 0.4) is 0 Å². The number of carbonyl (C=O) groups is 4. The molecule has 4 rings (SSSR count). The topological polar surface area (TPSA) is 149 Å². The predicted octanol–water partition coefficient (Wildman–Crippen LogP) is 1.06. The van der Waals surface area contributed by atoms with Crippen LogP contribution in [0.5, 0.6) is 0 Å². The standard InChI is InChI=1S/C11H12N2O4.C10H16O4S/c1-2-17-10(16)11(13-5-3-4-6-13)7-8(14)12-9(11)15;1-9(2)7-3-4-10(9,8(11)5-7)6-15(12,13)14/h3-6H,2,7H2,1H3,(H,12,14,15);7H,3-6H2,1-2H3,(H,12,13,14)/t11-;7?,10-/m11/s1. The van der Waals surface area contributed by atoms with Crippen molar-refractivity contribution in [1.29, 1.82) is 0 Å². The van der Waals surface area contributed by atoms with E-state index in [-0.39, 0.29) is 30.1 Å². The van der Waals surface area contributed by atoms with Gasteiger partial charge in [-0.15, -0.1) is 0 Å². The number of nitrogens with one attached hydrogen (secondary N) is 1. The van der Waals surface area contributed by atoms with Crippen LogP contribution in [0, 0.1) is 16.7 Å². The van der Waals surface area contributed by atoms with Crippen LogP contribution < -0.4 is 5.32 Å². The Kier molecular flexibility index (Phi) is 6.11. The van der Waals surface area contributed by atoms with Gasteiger partial charge in [0.15, 0.2) is 0 Å². The third-order valence-electron chi connectivity index (χ3n) is 7.27. The lowest BCUT2D eigenvalue weighted by atomic mass is 9.70. The van der Waals surface area contributed by atoms with Gasteiger partial charge in [-0.1, -0.05) is 13.8 Å². The maximum absolute atomic E-state index is 12.0. The van der Waals surface area contributed by atoms with Crippen molar-refractivity contribution in [2.24, 2.45) is 16.7 Å². The fourth-order valence-electron chi connectivity index (χ4n) is 5.32. The molecule has 1 aliphatic heterocycles. The van der Waals surface area contributed by atoms with Crippen molar-refractivity contribution in [2.45, 2.75) is 52.0 Å². The van der Waals surface area contributed by atoms with Crippen molar-refractivity contribution >= 4 is 33.7 Å². The fourth-order valence-corrected chi connectivity index (χ4v) is 6.62. The zero-order valence-electron chi connectivity index (χ0n) is 18.3. The van der Waals surface area contributed by atoms with E-state index in [9.17, 15) is 27.6 Å². The van der Waals surface area contributed by atoms with Gasteiger partial charge in [-0.2, -0.15) is 8.42 Å². The van der Waals surface area contributed by atoms with Crippen molar-refractivity contribution in [1.82, 2.24) is 9.88 Å². The number of rotatable bonds is 5. The van der Waals surface area contributed by atoms with Gasteiger partial charge in [0.05, 0.1) is 24.2 Å². The summed E-state index contributed by atoms with van der Waals surface area (Å²) in [6.07, 6.45) is 4.88. The molecular formula is C21H28N2O8S. The number of imide groups is 1. The molecule has 2 amide bonds. The molecule has 2 saturated carbocycles. The second-order valence-corrected chi connectivity index (χ2v) is 10.6. The molecule has 1 aromatic heterocycles. The third kappa shape index (κ3) is 3.77. The second kappa shape index (κ2) is 8.11. The zero-order chi connectivity index (χ0) is 23.9. The molecule has 1 unspecified atom stereocenters. The lowest BCUT2D eigenvalue weighted by Crippen LogP contribution is -2.48. The van der Waals surface area contributed by atoms with E-state index in [4.69, 9.17) is 9.29 Å². The van der Waals surface area contributed by atoms with E-state index >= 15 is 0 Å². The van der Waals surface area contributed by atoms with Gasteiger partial charge in [-0.05, 0) is 43.2 Å². The van der Waals surface area contributed by atoms with Gasteiger partial charge in [-0.3, -0.25) is 24.3 Å². The number of esters is 1. The monoisotopic (exact) mass is 468 g/mol. The number of carbonyl (C=O) groups excluding carboxylic acids is 4. The first-order valence-corrected chi connectivity index (χ1v) is 12.0. The van der Waals surface area contributed by atoms with Gasteiger partial charge < -0.3 is 9.30 Å². The maximum Gasteiger partial charge on any atom is 0.342 e. The largest absolute Gasteiger partial charge is 0.464 e. The molecule has 3 aliphatic rings. The molecule has 2 bridgehead atoms. The number of nitrogens with zero attached hydrogens (tertiary/aromatic N) is 1. The Morgan fingerprint density at radius 1 is 1.25 bits per heavy atom. The summed E-state index contributed by atoms with van der Waals surface area (Å²) in [6.45, 7) is 5.70. The molecular weight excluding hydrogens is 440 g/mol. The number of ketones is 1. The van der Waals surface area contributed by atoms with E-state index in [1.165, 1.54) is 4.57 Å². The summed E-state index contributed by atoms with van der Waals surface area (Å²) in [5.41, 5.74) is -2.71. The van der Waals surface area contributed by atoms with Gasteiger partial charge in [-0.25, -0.2) is 4.79 Å². The number of aromatic nitrogens is 1. The molecule has 0 radical (unpaired) electrons. The van der Waals surface area contributed by atoms with Gasteiger partial charge in [0.25, 0.3) is 16.0 Å². The average Bonchev–Trinajstić information content (AvgIpc) is 3.39. The summed E-state index contributed by atoms with van der Waals surface area (Å²) in [4.78, 5) is 47.0. The van der Waals surface area contributed by atoms with E-state index in [0.29, 0.717) is 12.8 Å². The minimum absolute atomic E-state index is 0.0152. The number of ether oxygens (including phenoxy) is 1. The molecule has 10 nitrogen and oxygen atoms in total. The average molecular weight is 469 g/mol. The molecule has 176 valence electrons. The minimum atomic E-state index is -4.08. The lowest BCUT2D eigenvalue weighted by molar-refractivity contribution is -0.157. The Hall–Kier alpha value is -2.53. The van der Waals surface area contributed by atoms with E-state index in [1.54, 1.807) is 31.5 Å². The van der Waals surface area contributed by atoms with Crippen LogP contribution in [0.2, 0.25) is 0 Å². The van der Waals surface area contributed by atoms with Crippen LogP contribution in [-0.2, 0) is 39.6 Å². The number of amides is 2. The number of hydrogen-bond acceptors (Lipinski definition) is 7. The smallest absolute Gasteiger partial charge is 0.342 e. The van der Waals surface area contributed by atoms with Gasteiger partial charge >= 0.3 is 5.97 Å². The third-order valence-corrected chi connectivity index (χ3v) is 8.13. The highest BCUT2D eigenvalue weighted by molar-refractivity contribution is 7.85. The Morgan fingerprint density at radius 2 is 1.88 bits per heavy atom. The zero-order valence-corrected chi connectivity index (χ0v) is 19.1. The Labute approximate surface area is 186 Å². The maximum atomic E-state index is 12.0. The summed E-state index contributed by atoms with van der Waals surface area (Å²) in [5.74, 6) is -1.93. The lowest BCUT2D eigenvalue weighted by Gasteiger charge is -2.35. The number of Topliss-reactive ketones (excluding diaryl/α,β-unsaturated/α-hetero) is 1. The molecule has 0 aromatic carbocycles. The number of fused-ring (bicyclic) bond motifs is 2. The summed E-state index contributed by atoms with van der Waals surface area (Å²) in [5, 5.41) is 2.14. The highest BCUT2D eigenvalue weighted by atomic mass is 32.2. The Balaban J connectivity index is 0.000000182. The van der Waals surface area contributed by atoms with Gasteiger partial charge in [0.2, 0.25) is 11.4 Å². The molecule has 3 atom stereocenters. The summed E-state index contributed by atoms with van der Waals surface area (Å²) in [6, 6.07) is 3.36. The van der Waals surface area contributed by atoms with Crippen LogP contribution in [0.4, 0.5) is 0 Å². The van der Waals surface area contributed by atoms with Crippen LogP contribution in [0.25, 0.3) is 0 Å². The number of hydrogen-bond donors (Lipinski definition) is 2. The van der Waals surface area contributed by atoms with E-state index in [2.05, 4.69) is 5.32 Å². The molecule has 3 fully saturated rings. The second-order valence-electron chi connectivity index (χ2n) is 9.12. The van der Waals surface area contributed by atoms with Gasteiger partial charge in [0, 0.05) is 18.8 Å². The quantitative estimate of drug-likeness (QED) is 0.282. The van der Waals surface area contributed by atoms with Crippen LogP contribution in [0.1, 0.15) is 46.5 Å². The Morgan fingerprint density at radius 3 is 2.28 bits per heavy atom. The van der Waals surface area contributed by atoms with E-state index in [0.717, 1.165) is 6.42 Å². The van der Waals surface area contributed by atoms with Crippen molar-refractivity contribution < 1.29 is 36.9 Å². The highest BCUT2D eigenvalue weighted by Gasteiger charge is 2.65. The van der Waals surface area contributed by atoms with Crippen molar-refractivity contribution in [2.75, 3.05) is 12.4 Å². The molecule has 32 heavy (non-hydrogen) atoms. The van der Waals surface area contributed by atoms with Gasteiger partial charge in [0.1, 0.15) is 5.78 Å². The SMILES string of the molecule is CC1(C)C2CC[C@@]1(CS(=O)(=O)O)C(=O)C2.CCOC(=O)[C@@]1(n2cccc2)CC(=O)NC1=O. The fraction of sp³-hybridized carbons (Fsp3) is 0.619. The van der Waals surface area contributed by atoms with E-state index < -0.39 is 44.6 Å². The normalized spacial score (nSPS) is 30.6. The molecule has 1 saturated heterocycles. The summed E-state index contributed by atoms with van der Waals surface area (Å²) in [7, 11) is -4.08. The minimum Gasteiger partial charge on any atom is -0.464 e. The molecule has 2 N–H and O–H groups in total. The first-order valence-electron chi connectivity index (χ1n) is 10.4. The van der Waals surface area contributed by atoms with Crippen LogP contribution >= 0.6 is 0 Å². The van der Waals surface area contributed by atoms with Crippen molar-refractivity contribution in [3.05, 3.63) is 24.5 Å². The highest BCUT2D eigenvalue weighted by Crippen LogP contribution is 2.64. The molecule has 11 heteroatoms.